The fraction of sp³-hybridized carbons (Fsp3) is 0.769. The largest absolute Gasteiger partial charge is 0.359 e. The predicted molar refractivity (Wildman–Crippen MR) is 73.8 cm³/mol. The van der Waals surface area contributed by atoms with Crippen LogP contribution in [-0.2, 0) is 9.47 Å². The van der Waals surface area contributed by atoms with Crippen molar-refractivity contribution in [1.29, 1.82) is 0 Å². The highest BCUT2D eigenvalue weighted by Gasteiger charge is 2.07. The molecular formula is C13H24ClNO3. The van der Waals surface area contributed by atoms with E-state index in [4.69, 9.17) is 21.1 Å². The van der Waals surface area contributed by atoms with Crippen LogP contribution in [0.2, 0.25) is 0 Å². The smallest absolute Gasteiger partial charge is 0.314 e. The summed E-state index contributed by atoms with van der Waals surface area (Å²) in [4.78, 5) is 10.9. The zero-order valence-corrected chi connectivity index (χ0v) is 12.2. The molecule has 4 nitrogen and oxygen atoms in total. The van der Waals surface area contributed by atoms with Gasteiger partial charge >= 0.3 is 5.37 Å². The second-order valence-corrected chi connectivity index (χ2v) is 4.65. The summed E-state index contributed by atoms with van der Waals surface area (Å²) in [5, 5.41) is 2.20. The van der Waals surface area contributed by atoms with Crippen molar-refractivity contribution >= 4 is 17.0 Å². The molecule has 0 bridgehead atoms. The van der Waals surface area contributed by atoms with E-state index in [2.05, 4.69) is 12.2 Å². The van der Waals surface area contributed by atoms with Gasteiger partial charge in [0.2, 0.25) is 0 Å². The van der Waals surface area contributed by atoms with E-state index in [0.717, 1.165) is 19.3 Å². The molecule has 0 aromatic carbocycles. The van der Waals surface area contributed by atoms with Crippen LogP contribution in [-0.4, -0.2) is 31.9 Å². The lowest BCUT2D eigenvalue weighted by molar-refractivity contribution is -0.0371. The molecule has 0 fully saturated rings. The Hall–Kier alpha value is -0.580. The van der Waals surface area contributed by atoms with E-state index in [0.29, 0.717) is 13.4 Å². The quantitative estimate of drug-likeness (QED) is 0.219. The number of ether oxygens (including phenoxy) is 2. The third-order valence-corrected chi connectivity index (χ3v) is 2.53. The number of carbonyl (C=O) groups is 1. The summed E-state index contributed by atoms with van der Waals surface area (Å²) in [6.07, 6.45) is 7.06. The molecule has 18 heavy (non-hydrogen) atoms. The minimum atomic E-state index is -0.510. The molecule has 0 aromatic rings. The highest BCUT2D eigenvalue weighted by molar-refractivity contribution is 6.63. The summed E-state index contributed by atoms with van der Waals surface area (Å²) < 4.78 is 10.1. The molecule has 0 saturated heterocycles. The van der Waals surface area contributed by atoms with Gasteiger partial charge in [0, 0.05) is 13.2 Å². The summed E-state index contributed by atoms with van der Waals surface area (Å²) in [6.45, 7) is 5.06. The molecule has 0 rings (SSSR count). The summed E-state index contributed by atoms with van der Waals surface area (Å²) in [5.41, 5.74) is 0. The van der Waals surface area contributed by atoms with Crippen LogP contribution < -0.4 is 5.32 Å². The van der Waals surface area contributed by atoms with Gasteiger partial charge in [-0.05, 0) is 23.9 Å². The number of rotatable bonds is 10. The standard InChI is InChI=1S/C13H24ClNO3/c1-4-5-6-12(15-13(14)16)8-7-11(2)9-18-10-17-3/h7-8,11-12H,4-6,9-10H2,1-3H3,(H,15,16)/b8-7+/t11-,12+/m0/s1. The van der Waals surface area contributed by atoms with Crippen molar-refractivity contribution in [3.8, 4) is 0 Å². The number of carbonyl (C=O) groups excluding carboxylic acids is 1. The molecule has 0 radical (unpaired) electrons. The fourth-order valence-electron chi connectivity index (χ4n) is 1.48. The molecule has 0 heterocycles. The number of methoxy groups -OCH3 is 1. The van der Waals surface area contributed by atoms with E-state index in [1.807, 2.05) is 19.1 Å². The number of hydrogen-bond acceptors (Lipinski definition) is 3. The summed E-state index contributed by atoms with van der Waals surface area (Å²) in [7, 11) is 1.59. The minimum absolute atomic E-state index is 0.000162. The average molecular weight is 278 g/mol. The minimum Gasteiger partial charge on any atom is -0.359 e. The Kier molecular flexibility index (Phi) is 11.1. The molecule has 0 unspecified atom stereocenters. The van der Waals surface area contributed by atoms with Crippen LogP contribution in [0.1, 0.15) is 33.1 Å². The monoisotopic (exact) mass is 277 g/mol. The maximum atomic E-state index is 10.9. The zero-order valence-electron chi connectivity index (χ0n) is 11.4. The molecule has 0 saturated carbocycles. The maximum absolute atomic E-state index is 10.9. The van der Waals surface area contributed by atoms with Crippen LogP contribution in [0, 0.1) is 5.92 Å². The van der Waals surface area contributed by atoms with Gasteiger partial charge < -0.3 is 14.8 Å². The first-order valence-corrected chi connectivity index (χ1v) is 6.68. The van der Waals surface area contributed by atoms with Gasteiger partial charge in [0.15, 0.2) is 0 Å². The molecular weight excluding hydrogens is 254 g/mol. The number of halogens is 1. The molecule has 1 N–H and O–H groups in total. The van der Waals surface area contributed by atoms with E-state index in [9.17, 15) is 4.79 Å². The maximum Gasteiger partial charge on any atom is 0.314 e. The van der Waals surface area contributed by atoms with Gasteiger partial charge in [0.1, 0.15) is 6.79 Å². The van der Waals surface area contributed by atoms with Crippen molar-refractivity contribution in [2.75, 3.05) is 20.5 Å². The van der Waals surface area contributed by atoms with Crippen molar-refractivity contribution in [2.45, 2.75) is 39.2 Å². The normalized spacial score (nSPS) is 14.7. The van der Waals surface area contributed by atoms with Gasteiger partial charge in [0.05, 0.1) is 6.61 Å². The van der Waals surface area contributed by atoms with Crippen LogP contribution in [0.25, 0.3) is 0 Å². The lowest BCUT2D eigenvalue weighted by atomic mass is 10.1. The number of amides is 1. The van der Waals surface area contributed by atoms with Gasteiger partial charge in [-0.1, -0.05) is 38.8 Å². The highest BCUT2D eigenvalue weighted by atomic mass is 35.5. The number of unbranched alkanes of at least 4 members (excludes halogenated alkanes) is 1. The van der Waals surface area contributed by atoms with E-state index < -0.39 is 5.37 Å². The lowest BCUT2D eigenvalue weighted by Crippen LogP contribution is -2.29. The second-order valence-electron chi connectivity index (χ2n) is 4.31. The zero-order chi connectivity index (χ0) is 13.8. The first kappa shape index (κ1) is 17.4. The molecule has 5 heteroatoms. The van der Waals surface area contributed by atoms with E-state index in [-0.39, 0.29) is 12.0 Å². The van der Waals surface area contributed by atoms with Crippen molar-refractivity contribution in [3.63, 3.8) is 0 Å². The highest BCUT2D eigenvalue weighted by Crippen LogP contribution is 2.06. The van der Waals surface area contributed by atoms with Crippen LogP contribution in [0.5, 0.6) is 0 Å². The van der Waals surface area contributed by atoms with E-state index >= 15 is 0 Å². The topological polar surface area (TPSA) is 47.6 Å². The Morgan fingerprint density at radius 2 is 2.17 bits per heavy atom. The summed E-state index contributed by atoms with van der Waals surface area (Å²) >= 11 is 5.34. The van der Waals surface area contributed by atoms with Crippen LogP contribution >= 0.6 is 11.6 Å². The Morgan fingerprint density at radius 3 is 2.72 bits per heavy atom. The van der Waals surface area contributed by atoms with Crippen molar-refractivity contribution in [1.82, 2.24) is 5.32 Å². The average Bonchev–Trinajstić information content (AvgIpc) is 2.32. The van der Waals surface area contributed by atoms with Gasteiger partial charge in [-0.25, -0.2) is 0 Å². The third kappa shape index (κ3) is 10.6. The van der Waals surface area contributed by atoms with Crippen molar-refractivity contribution < 1.29 is 14.3 Å². The third-order valence-electron chi connectivity index (χ3n) is 2.42. The number of nitrogens with one attached hydrogen (secondary N) is 1. The molecule has 2 atom stereocenters. The van der Waals surface area contributed by atoms with E-state index in [1.54, 1.807) is 7.11 Å². The lowest BCUT2D eigenvalue weighted by Gasteiger charge is -2.13. The van der Waals surface area contributed by atoms with E-state index in [1.165, 1.54) is 0 Å². The predicted octanol–water partition coefficient (Wildman–Crippen LogP) is 3.31. The van der Waals surface area contributed by atoms with Crippen LogP contribution in [0.15, 0.2) is 12.2 Å². The van der Waals surface area contributed by atoms with Crippen LogP contribution in [0.3, 0.4) is 0 Å². The van der Waals surface area contributed by atoms with Gasteiger partial charge in [0.25, 0.3) is 0 Å². The molecule has 0 aliphatic carbocycles. The fourth-order valence-corrected chi connectivity index (χ4v) is 1.62. The van der Waals surface area contributed by atoms with Gasteiger partial charge in [-0.3, -0.25) is 4.79 Å². The van der Waals surface area contributed by atoms with Crippen molar-refractivity contribution in [2.24, 2.45) is 5.92 Å². The second kappa shape index (κ2) is 11.5. The van der Waals surface area contributed by atoms with Crippen LogP contribution in [0.4, 0.5) is 4.79 Å². The van der Waals surface area contributed by atoms with Crippen molar-refractivity contribution in [3.05, 3.63) is 12.2 Å². The molecule has 1 amide bonds. The molecule has 0 spiro atoms. The van der Waals surface area contributed by atoms with Gasteiger partial charge in [-0.15, -0.1) is 0 Å². The first-order valence-electron chi connectivity index (χ1n) is 6.31. The molecule has 0 aliphatic heterocycles. The van der Waals surface area contributed by atoms with Gasteiger partial charge in [-0.2, -0.15) is 0 Å². The first-order chi connectivity index (χ1) is 8.60. The Bertz CT molecular complexity index is 246. The Labute approximate surface area is 115 Å². The molecule has 0 aliphatic rings. The number of hydrogen-bond donors (Lipinski definition) is 1. The molecule has 0 aromatic heterocycles. The molecule has 106 valence electrons. The summed E-state index contributed by atoms with van der Waals surface area (Å²) in [5.74, 6) is 0.275. The SMILES string of the molecule is CCCC[C@H](/C=C/[C@H](C)COCOC)NC(=O)Cl. The Morgan fingerprint density at radius 1 is 1.44 bits per heavy atom. The summed E-state index contributed by atoms with van der Waals surface area (Å²) in [6, 6.07) is -0.000162. The Balaban J connectivity index is 4.06.